The van der Waals surface area contributed by atoms with Crippen LogP contribution in [0.15, 0.2) is 38.9 Å². The second kappa shape index (κ2) is 9.38. The molecular weight excluding hydrogens is 425 g/mol. The molecule has 0 aliphatic heterocycles. The van der Waals surface area contributed by atoms with E-state index in [2.05, 4.69) is 16.9 Å². The normalized spacial score (nSPS) is 13.3. The Morgan fingerprint density at radius 3 is 2.81 bits per heavy atom. The van der Waals surface area contributed by atoms with Gasteiger partial charge in [0.1, 0.15) is 4.21 Å². The van der Waals surface area contributed by atoms with Gasteiger partial charge < -0.3 is 16.2 Å². The van der Waals surface area contributed by atoms with Crippen LogP contribution in [0.5, 0.6) is 0 Å². The van der Waals surface area contributed by atoms with Crippen LogP contribution in [-0.2, 0) is 9.84 Å². The summed E-state index contributed by atoms with van der Waals surface area (Å²) >= 11 is 1.13. The molecule has 1 aromatic rings. The topological polar surface area (TPSA) is 105 Å². The Balaban J connectivity index is 0.00000400. The lowest BCUT2D eigenvalue weighted by molar-refractivity contribution is 0.206. The third-order valence-corrected chi connectivity index (χ3v) is 5.54. The zero-order valence-electron chi connectivity index (χ0n) is 11.7. The maximum Gasteiger partial charge on any atom is 0.190 e. The molecule has 9 heteroatoms. The first kappa shape index (κ1) is 20.3. The number of hydrogen-bond acceptors (Lipinski definition) is 5. The number of aliphatic hydroxyl groups is 1. The number of aliphatic hydroxyl groups excluding tert-OH is 1. The minimum Gasteiger partial charge on any atom is -0.390 e. The molecule has 0 radical (unpaired) electrons. The number of nitrogens with two attached hydrogens (primary N) is 1. The zero-order chi connectivity index (χ0) is 15.2. The van der Waals surface area contributed by atoms with E-state index < -0.39 is 15.9 Å². The minimum atomic E-state index is -3.47. The van der Waals surface area contributed by atoms with E-state index in [1.165, 1.54) is 6.07 Å². The van der Waals surface area contributed by atoms with Crippen molar-refractivity contribution >= 4 is 51.1 Å². The number of sulfone groups is 1. The number of hydrogen-bond donors (Lipinski definition) is 3. The molecular formula is C12H20IN3O3S2. The maximum absolute atomic E-state index is 11.9. The number of nitrogens with zero attached hydrogens (tertiary/aromatic N) is 1. The maximum atomic E-state index is 11.9. The fraction of sp³-hybridized carbons (Fsp3) is 0.417. The SMILES string of the molecule is C=C(C)CNC(N)=NCC(O)CS(=O)(=O)c1cccs1.I. The molecule has 1 rings (SSSR count). The molecule has 1 aromatic heterocycles. The first-order valence-corrected chi connectivity index (χ1v) is 8.47. The molecule has 1 heterocycles. The molecule has 120 valence electrons. The van der Waals surface area contributed by atoms with Crippen LogP contribution in [0.3, 0.4) is 0 Å². The summed E-state index contributed by atoms with van der Waals surface area (Å²) in [5.74, 6) is -0.217. The Hall–Kier alpha value is -0.650. The highest BCUT2D eigenvalue weighted by molar-refractivity contribution is 14.0. The third-order valence-electron chi connectivity index (χ3n) is 2.26. The van der Waals surface area contributed by atoms with Crippen molar-refractivity contribution in [3.8, 4) is 0 Å². The Kier molecular flexibility index (Phi) is 9.09. The highest BCUT2D eigenvalue weighted by atomic mass is 127. The lowest BCUT2D eigenvalue weighted by atomic mass is 10.3. The molecule has 6 nitrogen and oxygen atoms in total. The van der Waals surface area contributed by atoms with E-state index in [1.54, 1.807) is 11.4 Å². The fourth-order valence-corrected chi connectivity index (χ4v) is 3.80. The van der Waals surface area contributed by atoms with Crippen molar-refractivity contribution in [1.29, 1.82) is 0 Å². The lowest BCUT2D eigenvalue weighted by Gasteiger charge is -2.09. The number of halogens is 1. The highest BCUT2D eigenvalue weighted by Crippen LogP contribution is 2.18. The van der Waals surface area contributed by atoms with E-state index >= 15 is 0 Å². The van der Waals surface area contributed by atoms with Gasteiger partial charge in [0.15, 0.2) is 15.8 Å². The average molecular weight is 445 g/mol. The highest BCUT2D eigenvalue weighted by Gasteiger charge is 2.20. The smallest absolute Gasteiger partial charge is 0.190 e. The van der Waals surface area contributed by atoms with Crippen LogP contribution in [0.25, 0.3) is 0 Å². The van der Waals surface area contributed by atoms with Crippen LogP contribution in [-0.4, -0.2) is 44.4 Å². The van der Waals surface area contributed by atoms with Gasteiger partial charge in [0.05, 0.1) is 18.4 Å². The molecule has 1 atom stereocenters. The van der Waals surface area contributed by atoms with E-state index in [-0.39, 0.29) is 46.4 Å². The van der Waals surface area contributed by atoms with Gasteiger partial charge in [-0.2, -0.15) is 0 Å². The molecule has 1 unspecified atom stereocenters. The summed E-state index contributed by atoms with van der Waals surface area (Å²) < 4.78 is 24.1. The minimum absolute atomic E-state index is 0. The van der Waals surface area contributed by atoms with E-state index in [4.69, 9.17) is 5.73 Å². The number of nitrogens with one attached hydrogen (secondary N) is 1. The molecule has 0 amide bonds. The predicted octanol–water partition coefficient (Wildman–Crippen LogP) is 0.981. The summed E-state index contributed by atoms with van der Waals surface area (Å²) in [5, 5.41) is 14.2. The van der Waals surface area contributed by atoms with Gasteiger partial charge in [0.25, 0.3) is 0 Å². The number of rotatable bonds is 7. The molecule has 21 heavy (non-hydrogen) atoms. The van der Waals surface area contributed by atoms with Crippen LogP contribution in [0.1, 0.15) is 6.92 Å². The van der Waals surface area contributed by atoms with Gasteiger partial charge in [0, 0.05) is 6.54 Å². The summed E-state index contributed by atoms with van der Waals surface area (Å²) in [6.45, 7) is 5.95. The monoisotopic (exact) mass is 445 g/mol. The Labute approximate surface area is 146 Å². The first-order valence-electron chi connectivity index (χ1n) is 5.94. The summed E-state index contributed by atoms with van der Waals surface area (Å²) in [7, 11) is -3.47. The largest absolute Gasteiger partial charge is 0.390 e. The molecule has 0 aromatic carbocycles. The first-order chi connectivity index (χ1) is 9.31. The fourth-order valence-electron chi connectivity index (χ4n) is 1.33. The van der Waals surface area contributed by atoms with Gasteiger partial charge in [-0.25, -0.2) is 8.42 Å². The van der Waals surface area contributed by atoms with Gasteiger partial charge in [0.2, 0.25) is 0 Å². The van der Waals surface area contributed by atoms with Crippen molar-refractivity contribution < 1.29 is 13.5 Å². The van der Waals surface area contributed by atoms with Crippen molar-refractivity contribution in [3.63, 3.8) is 0 Å². The molecule has 0 aliphatic rings. The van der Waals surface area contributed by atoms with E-state index in [9.17, 15) is 13.5 Å². The predicted molar refractivity (Wildman–Crippen MR) is 97.1 cm³/mol. The lowest BCUT2D eigenvalue weighted by Crippen LogP contribution is -2.34. The molecule has 0 fully saturated rings. The summed E-state index contributed by atoms with van der Waals surface area (Å²) in [6.07, 6.45) is -1.09. The van der Waals surface area contributed by atoms with E-state index in [0.717, 1.165) is 16.9 Å². The van der Waals surface area contributed by atoms with Crippen molar-refractivity contribution in [2.24, 2.45) is 10.7 Å². The van der Waals surface area contributed by atoms with Gasteiger partial charge in [-0.3, -0.25) is 4.99 Å². The summed E-state index contributed by atoms with van der Waals surface area (Å²) in [4.78, 5) is 3.89. The third kappa shape index (κ3) is 7.79. The molecule has 4 N–H and O–H groups in total. The average Bonchev–Trinajstić information content (AvgIpc) is 2.87. The van der Waals surface area contributed by atoms with Crippen molar-refractivity contribution in [2.75, 3.05) is 18.8 Å². The molecule has 0 saturated heterocycles. The molecule has 0 bridgehead atoms. The summed E-state index contributed by atoms with van der Waals surface area (Å²) in [6, 6.07) is 3.17. The van der Waals surface area contributed by atoms with E-state index in [1.807, 2.05) is 6.92 Å². The van der Waals surface area contributed by atoms with Crippen molar-refractivity contribution in [1.82, 2.24) is 5.32 Å². The van der Waals surface area contributed by atoms with Gasteiger partial charge in [-0.15, -0.1) is 35.3 Å². The second-order valence-corrected chi connectivity index (χ2v) is 7.61. The quantitative estimate of drug-likeness (QED) is 0.251. The van der Waals surface area contributed by atoms with Gasteiger partial charge >= 0.3 is 0 Å². The Morgan fingerprint density at radius 1 is 1.62 bits per heavy atom. The van der Waals surface area contributed by atoms with Crippen LogP contribution >= 0.6 is 35.3 Å². The molecule has 0 saturated carbocycles. The zero-order valence-corrected chi connectivity index (χ0v) is 15.6. The second-order valence-electron chi connectivity index (χ2n) is 4.40. The number of thiophene rings is 1. The van der Waals surface area contributed by atoms with Crippen molar-refractivity contribution in [2.45, 2.75) is 17.2 Å². The number of guanidine groups is 1. The molecule has 0 spiro atoms. The Morgan fingerprint density at radius 2 is 2.29 bits per heavy atom. The Bertz CT molecular complexity index is 571. The summed E-state index contributed by atoms with van der Waals surface area (Å²) in [5.41, 5.74) is 6.46. The van der Waals surface area contributed by atoms with Crippen LogP contribution < -0.4 is 11.1 Å². The standard InChI is InChI=1S/C12H19N3O3S2.HI/c1-9(2)6-14-12(13)15-7-10(16)8-20(17,18)11-4-3-5-19-11;/h3-5,10,16H,1,6-8H2,2H3,(H3,13,14,15);1H. The van der Waals surface area contributed by atoms with Crippen LogP contribution in [0.4, 0.5) is 0 Å². The van der Waals surface area contributed by atoms with Gasteiger partial charge in [-0.1, -0.05) is 18.2 Å². The van der Waals surface area contributed by atoms with Crippen LogP contribution in [0, 0.1) is 0 Å². The van der Waals surface area contributed by atoms with Crippen LogP contribution in [0.2, 0.25) is 0 Å². The van der Waals surface area contributed by atoms with Gasteiger partial charge in [-0.05, 0) is 18.4 Å². The van der Waals surface area contributed by atoms with Crippen molar-refractivity contribution in [3.05, 3.63) is 29.7 Å². The van der Waals surface area contributed by atoms with E-state index in [0.29, 0.717) is 6.54 Å². The number of aliphatic imine (C=N–C) groups is 1. The molecule has 0 aliphatic carbocycles.